The summed E-state index contributed by atoms with van der Waals surface area (Å²) in [5, 5.41) is 14.9. The van der Waals surface area contributed by atoms with Crippen LogP contribution in [0.4, 0.5) is 0 Å². The normalized spacial score (nSPS) is 17.2. The summed E-state index contributed by atoms with van der Waals surface area (Å²) in [6.45, 7) is 2.04. The van der Waals surface area contributed by atoms with Gasteiger partial charge in [0.2, 0.25) is 0 Å². The summed E-state index contributed by atoms with van der Waals surface area (Å²) in [4.78, 5) is 4.43. The van der Waals surface area contributed by atoms with Gasteiger partial charge < -0.3 is 9.84 Å². The molecule has 1 saturated heterocycles. The topological polar surface area (TPSA) is 76.7 Å². The standard InChI is InChI=1S/C11H13N5O/c1-4-12-5-2-8(1)10-15-11(17-16-10)9-3-6-13-14-7-9/h3,6-8,12H,1-2,4-5H2. The second kappa shape index (κ2) is 4.58. The van der Waals surface area contributed by atoms with Crippen molar-refractivity contribution in [3.05, 3.63) is 24.3 Å². The van der Waals surface area contributed by atoms with E-state index in [1.807, 2.05) is 6.07 Å². The number of nitrogens with zero attached hydrogens (tertiary/aromatic N) is 4. The van der Waals surface area contributed by atoms with Crippen LogP contribution >= 0.6 is 0 Å². The number of rotatable bonds is 2. The van der Waals surface area contributed by atoms with E-state index in [1.165, 1.54) is 0 Å². The molecule has 0 bridgehead atoms. The van der Waals surface area contributed by atoms with Gasteiger partial charge >= 0.3 is 0 Å². The fourth-order valence-electron chi connectivity index (χ4n) is 2.02. The Balaban J connectivity index is 1.83. The molecule has 3 rings (SSSR count). The predicted octanol–water partition coefficient (Wildman–Crippen LogP) is 0.994. The zero-order valence-electron chi connectivity index (χ0n) is 9.33. The molecule has 0 aliphatic carbocycles. The molecule has 2 aromatic heterocycles. The van der Waals surface area contributed by atoms with Crippen LogP contribution in [0.15, 0.2) is 23.0 Å². The highest BCUT2D eigenvalue weighted by Gasteiger charge is 2.21. The van der Waals surface area contributed by atoms with Crippen LogP contribution in [0.1, 0.15) is 24.6 Å². The Labute approximate surface area is 98.4 Å². The van der Waals surface area contributed by atoms with Crippen molar-refractivity contribution >= 4 is 0 Å². The zero-order chi connectivity index (χ0) is 11.5. The summed E-state index contributed by atoms with van der Waals surface area (Å²) in [5.41, 5.74) is 0.813. The second-order valence-corrected chi connectivity index (χ2v) is 4.11. The van der Waals surface area contributed by atoms with Crippen molar-refractivity contribution in [1.82, 2.24) is 25.7 Å². The fraction of sp³-hybridized carbons (Fsp3) is 0.455. The van der Waals surface area contributed by atoms with Gasteiger partial charge in [0.05, 0.1) is 18.0 Å². The average molecular weight is 231 g/mol. The van der Waals surface area contributed by atoms with Crippen LogP contribution in [0.5, 0.6) is 0 Å². The molecule has 2 aromatic rings. The fourth-order valence-corrected chi connectivity index (χ4v) is 2.02. The molecular weight excluding hydrogens is 218 g/mol. The number of hydrogen-bond acceptors (Lipinski definition) is 6. The van der Waals surface area contributed by atoms with E-state index >= 15 is 0 Å². The van der Waals surface area contributed by atoms with Crippen molar-refractivity contribution in [2.24, 2.45) is 0 Å². The highest BCUT2D eigenvalue weighted by atomic mass is 16.5. The molecule has 6 nitrogen and oxygen atoms in total. The number of aromatic nitrogens is 4. The summed E-state index contributed by atoms with van der Waals surface area (Å²) >= 11 is 0. The van der Waals surface area contributed by atoms with Crippen molar-refractivity contribution in [3.63, 3.8) is 0 Å². The van der Waals surface area contributed by atoms with Crippen molar-refractivity contribution in [2.75, 3.05) is 13.1 Å². The van der Waals surface area contributed by atoms with Crippen LogP contribution in [-0.4, -0.2) is 33.4 Å². The molecule has 0 radical (unpaired) electrons. The Morgan fingerprint density at radius 2 is 2.12 bits per heavy atom. The molecule has 1 N–H and O–H groups in total. The van der Waals surface area contributed by atoms with E-state index < -0.39 is 0 Å². The number of piperidine rings is 1. The largest absolute Gasteiger partial charge is 0.334 e. The Morgan fingerprint density at radius 1 is 1.24 bits per heavy atom. The molecule has 0 aromatic carbocycles. The molecule has 0 unspecified atom stereocenters. The minimum atomic E-state index is 0.406. The molecule has 0 saturated carbocycles. The van der Waals surface area contributed by atoms with Gasteiger partial charge in [-0.2, -0.15) is 15.2 Å². The minimum Gasteiger partial charge on any atom is -0.334 e. The van der Waals surface area contributed by atoms with Gasteiger partial charge in [0.25, 0.3) is 5.89 Å². The summed E-state index contributed by atoms with van der Waals surface area (Å²) in [6, 6.07) is 1.81. The van der Waals surface area contributed by atoms with Crippen LogP contribution < -0.4 is 5.32 Å². The molecule has 88 valence electrons. The molecule has 1 aliphatic rings. The van der Waals surface area contributed by atoms with Crippen LogP contribution in [0.2, 0.25) is 0 Å². The highest BCUT2D eigenvalue weighted by Crippen LogP contribution is 2.24. The van der Waals surface area contributed by atoms with Gasteiger partial charge in [0.1, 0.15) is 0 Å². The lowest BCUT2D eigenvalue weighted by Crippen LogP contribution is -2.27. The van der Waals surface area contributed by atoms with E-state index in [4.69, 9.17) is 4.52 Å². The van der Waals surface area contributed by atoms with Gasteiger partial charge in [-0.25, -0.2) is 0 Å². The van der Waals surface area contributed by atoms with E-state index in [0.29, 0.717) is 11.8 Å². The van der Waals surface area contributed by atoms with Gasteiger partial charge in [-0.15, -0.1) is 0 Å². The van der Waals surface area contributed by atoms with Crippen molar-refractivity contribution in [3.8, 4) is 11.5 Å². The first-order valence-corrected chi connectivity index (χ1v) is 5.75. The van der Waals surface area contributed by atoms with Crippen LogP contribution in [0.3, 0.4) is 0 Å². The van der Waals surface area contributed by atoms with Crippen LogP contribution in [0.25, 0.3) is 11.5 Å². The molecule has 17 heavy (non-hydrogen) atoms. The van der Waals surface area contributed by atoms with E-state index in [2.05, 4.69) is 25.7 Å². The Morgan fingerprint density at radius 3 is 2.88 bits per heavy atom. The molecule has 0 amide bonds. The summed E-state index contributed by atoms with van der Waals surface area (Å²) < 4.78 is 5.25. The number of hydrogen-bond donors (Lipinski definition) is 1. The predicted molar refractivity (Wildman–Crippen MR) is 60.2 cm³/mol. The zero-order valence-corrected chi connectivity index (χ0v) is 9.33. The molecule has 3 heterocycles. The van der Waals surface area contributed by atoms with E-state index in [9.17, 15) is 0 Å². The monoisotopic (exact) mass is 231 g/mol. The maximum absolute atomic E-state index is 5.25. The van der Waals surface area contributed by atoms with E-state index in [1.54, 1.807) is 12.4 Å². The highest BCUT2D eigenvalue weighted by molar-refractivity contribution is 5.49. The first-order chi connectivity index (χ1) is 8.43. The third-order valence-corrected chi connectivity index (χ3v) is 2.98. The lowest BCUT2D eigenvalue weighted by molar-refractivity contribution is 0.392. The van der Waals surface area contributed by atoms with Crippen LogP contribution in [0, 0.1) is 0 Å². The lowest BCUT2D eigenvalue weighted by Gasteiger charge is -2.18. The average Bonchev–Trinajstić information content (AvgIpc) is 2.90. The first kappa shape index (κ1) is 10.3. The quantitative estimate of drug-likeness (QED) is 0.830. The van der Waals surface area contributed by atoms with E-state index in [0.717, 1.165) is 37.3 Å². The second-order valence-electron chi connectivity index (χ2n) is 4.11. The lowest BCUT2D eigenvalue weighted by atomic mass is 9.98. The van der Waals surface area contributed by atoms with Gasteiger partial charge in [-0.05, 0) is 32.0 Å². The Hall–Kier alpha value is -1.82. The third kappa shape index (κ3) is 2.16. The van der Waals surface area contributed by atoms with E-state index in [-0.39, 0.29) is 0 Å². The molecule has 0 atom stereocenters. The van der Waals surface area contributed by atoms with Crippen LogP contribution in [-0.2, 0) is 0 Å². The first-order valence-electron chi connectivity index (χ1n) is 5.75. The Kier molecular flexibility index (Phi) is 2.79. The van der Waals surface area contributed by atoms with Crippen molar-refractivity contribution in [1.29, 1.82) is 0 Å². The maximum atomic E-state index is 5.25. The van der Waals surface area contributed by atoms with Crippen molar-refractivity contribution in [2.45, 2.75) is 18.8 Å². The van der Waals surface area contributed by atoms with Gasteiger partial charge in [0.15, 0.2) is 5.82 Å². The molecule has 1 aliphatic heterocycles. The minimum absolute atomic E-state index is 0.406. The van der Waals surface area contributed by atoms with Crippen molar-refractivity contribution < 1.29 is 4.52 Å². The smallest absolute Gasteiger partial charge is 0.259 e. The molecule has 6 heteroatoms. The summed E-state index contributed by atoms with van der Waals surface area (Å²) in [7, 11) is 0. The molecule has 1 fully saturated rings. The maximum Gasteiger partial charge on any atom is 0.259 e. The summed E-state index contributed by atoms with van der Waals surface area (Å²) in [5.74, 6) is 1.73. The molecule has 0 spiro atoms. The summed E-state index contributed by atoms with van der Waals surface area (Å²) in [6.07, 6.45) is 5.37. The van der Waals surface area contributed by atoms with Gasteiger partial charge in [0, 0.05) is 5.92 Å². The number of nitrogens with one attached hydrogen (secondary N) is 1. The van der Waals surface area contributed by atoms with Gasteiger partial charge in [-0.1, -0.05) is 5.16 Å². The SMILES string of the molecule is c1cc(-c2nc(C3CCNCC3)no2)cnn1. The third-order valence-electron chi connectivity index (χ3n) is 2.98. The molecular formula is C11H13N5O. The van der Waals surface area contributed by atoms with Gasteiger partial charge in [-0.3, -0.25) is 0 Å². The Bertz CT molecular complexity index is 478.